The molecule has 3 heterocycles. The van der Waals surface area contributed by atoms with Crippen molar-refractivity contribution in [3.05, 3.63) is 27.1 Å². The van der Waals surface area contributed by atoms with Gasteiger partial charge >= 0.3 is 0 Å². The Morgan fingerprint density at radius 1 is 1.28 bits per heavy atom. The maximum absolute atomic E-state index is 13.0. The highest BCUT2D eigenvalue weighted by molar-refractivity contribution is 7.18. The van der Waals surface area contributed by atoms with Gasteiger partial charge in [0.15, 0.2) is 0 Å². The number of hydrogen-bond donors (Lipinski definition) is 0. The lowest BCUT2D eigenvalue weighted by atomic mass is 9.97. The molecule has 29 heavy (non-hydrogen) atoms. The second kappa shape index (κ2) is 8.56. The van der Waals surface area contributed by atoms with Gasteiger partial charge in [-0.1, -0.05) is 0 Å². The first-order valence-corrected chi connectivity index (χ1v) is 11.8. The zero-order chi connectivity index (χ0) is 20.5. The first-order valence-electron chi connectivity index (χ1n) is 10.9. The van der Waals surface area contributed by atoms with Crippen LogP contribution in [0.2, 0.25) is 0 Å². The molecule has 4 rings (SSSR count). The van der Waals surface area contributed by atoms with Crippen LogP contribution in [0.1, 0.15) is 56.4 Å². The molecule has 7 heteroatoms. The highest BCUT2D eigenvalue weighted by atomic mass is 32.1. The summed E-state index contributed by atoms with van der Waals surface area (Å²) in [5.74, 6) is 0.118. The number of hydrogen-bond acceptors (Lipinski definition) is 5. The summed E-state index contributed by atoms with van der Waals surface area (Å²) in [5.41, 5.74) is 1.23. The van der Waals surface area contributed by atoms with Crippen LogP contribution in [-0.2, 0) is 24.2 Å². The Balaban J connectivity index is 1.41. The van der Waals surface area contributed by atoms with Crippen LogP contribution in [0.15, 0.2) is 11.1 Å². The first-order chi connectivity index (χ1) is 14.0. The van der Waals surface area contributed by atoms with Gasteiger partial charge in [0.05, 0.1) is 11.7 Å². The third-order valence-corrected chi connectivity index (χ3v) is 7.88. The number of rotatable bonds is 5. The molecule has 2 aliphatic rings. The number of carbonyl (C=O) groups is 1. The van der Waals surface area contributed by atoms with Crippen molar-refractivity contribution in [2.45, 2.75) is 77.4 Å². The Morgan fingerprint density at radius 2 is 2.00 bits per heavy atom. The normalized spacial score (nSPS) is 18.3. The Labute approximate surface area is 176 Å². The quantitative estimate of drug-likeness (QED) is 0.752. The first kappa shape index (κ1) is 20.5. The van der Waals surface area contributed by atoms with E-state index in [-0.39, 0.29) is 11.5 Å². The topological polar surface area (TPSA) is 58.4 Å². The number of nitrogens with zero attached hydrogens (tertiary/aromatic N) is 4. The van der Waals surface area contributed by atoms with Crippen molar-refractivity contribution in [3.63, 3.8) is 0 Å². The van der Waals surface area contributed by atoms with Crippen LogP contribution >= 0.6 is 11.3 Å². The summed E-state index contributed by atoms with van der Waals surface area (Å²) in [6, 6.07) is 0.868. The number of carbonyl (C=O) groups excluding carboxylic acids is 1. The average molecular weight is 417 g/mol. The van der Waals surface area contributed by atoms with Gasteiger partial charge in [-0.3, -0.25) is 14.2 Å². The van der Waals surface area contributed by atoms with E-state index in [1.165, 1.54) is 16.9 Å². The third-order valence-electron chi connectivity index (χ3n) is 6.68. The molecule has 158 valence electrons. The summed E-state index contributed by atoms with van der Waals surface area (Å²) >= 11 is 1.67. The van der Waals surface area contributed by atoms with E-state index >= 15 is 0 Å². The number of thiophene rings is 1. The van der Waals surface area contributed by atoms with E-state index in [1.807, 2.05) is 11.9 Å². The van der Waals surface area contributed by atoms with Crippen molar-refractivity contribution in [2.24, 2.45) is 0 Å². The second-order valence-corrected chi connectivity index (χ2v) is 9.83. The van der Waals surface area contributed by atoms with Gasteiger partial charge in [0.1, 0.15) is 4.83 Å². The molecule has 0 spiro atoms. The Bertz CT molecular complexity index is 940. The smallest absolute Gasteiger partial charge is 0.262 e. The van der Waals surface area contributed by atoms with E-state index in [0.29, 0.717) is 25.0 Å². The lowest BCUT2D eigenvalue weighted by molar-refractivity contribution is -0.133. The van der Waals surface area contributed by atoms with Gasteiger partial charge in [0.25, 0.3) is 5.56 Å². The largest absolute Gasteiger partial charge is 0.343 e. The highest BCUT2D eigenvalue weighted by Gasteiger charge is 2.26. The van der Waals surface area contributed by atoms with Crippen LogP contribution in [0.25, 0.3) is 10.2 Å². The van der Waals surface area contributed by atoms with Crippen LogP contribution < -0.4 is 5.56 Å². The van der Waals surface area contributed by atoms with Crippen LogP contribution in [-0.4, -0.2) is 57.5 Å². The van der Waals surface area contributed by atoms with Crippen molar-refractivity contribution >= 4 is 27.5 Å². The van der Waals surface area contributed by atoms with Gasteiger partial charge in [-0.05, 0) is 57.9 Å². The molecule has 0 bridgehead atoms. The molecule has 0 N–H and O–H groups in total. The fourth-order valence-corrected chi connectivity index (χ4v) is 5.95. The Kier molecular flexibility index (Phi) is 6.06. The standard InChI is InChI=1S/C22H32N4O2S/c1-15(2)25-11-8-16(9-12-25)24(3)19(27)10-13-26-14-23-21-20(22(26)28)17-6-4-5-7-18(17)29-21/h14-16H,4-13H2,1-3H3. The monoisotopic (exact) mass is 416 g/mol. The molecule has 0 aromatic carbocycles. The second-order valence-electron chi connectivity index (χ2n) is 8.75. The van der Waals surface area contributed by atoms with Gasteiger partial charge in [0, 0.05) is 50.1 Å². The lowest BCUT2D eigenvalue weighted by Crippen LogP contribution is -2.47. The Morgan fingerprint density at radius 3 is 2.72 bits per heavy atom. The number of piperidine rings is 1. The van der Waals surface area contributed by atoms with E-state index in [1.54, 1.807) is 22.2 Å². The third kappa shape index (κ3) is 4.12. The molecule has 0 unspecified atom stereocenters. The predicted molar refractivity (Wildman–Crippen MR) is 118 cm³/mol. The molecular formula is C22H32N4O2S. The van der Waals surface area contributed by atoms with Crippen molar-refractivity contribution in [2.75, 3.05) is 20.1 Å². The molecule has 1 aliphatic carbocycles. The van der Waals surface area contributed by atoms with Gasteiger partial charge in [-0.2, -0.15) is 0 Å². The summed E-state index contributed by atoms with van der Waals surface area (Å²) in [5, 5.41) is 0.800. The maximum atomic E-state index is 13.0. The van der Waals surface area contributed by atoms with Gasteiger partial charge in [0.2, 0.25) is 5.91 Å². The summed E-state index contributed by atoms with van der Waals surface area (Å²) in [6.07, 6.45) is 8.41. The SMILES string of the molecule is CC(C)N1CCC(N(C)C(=O)CCn2cnc3sc4c(c3c2=O)CCCC4)CC1. The Hall–Kier alpha value is -1.73. The van der Waals surface area contributed by atoms with E-state index in [0.717, 1.165) is 55.4 Å². The number of aryl methyl sites for hydroxylation is 3. The van der Waals surface area contributed by atoms with Crippen LogP contribution in [0.5, 0.6) is 0 Å². The molecule has 2 aromatic rings. The number of likely N-dealkylation sites (tertiary alicyclic amines) is 1. The molecule has 6 nitrogen and oxygen atoms in total. The molecule has 1 saturated heterocycles. The molecule has 2 aromatic heterocycles. The molecule has 0 saturated carbocycles. The van der Waals surface area contributed by atoms with E-state index in [9.17, 15) is 9.59 Å². The minimum atomic E-state index is 0.0232. The van der Waals surface area contributed by atoms with E-state index in [4.69, 9.17) is 0 Å². The van der Waals surface area contributed by atoms with Gasteiger partial charge in [-0.15, -0.1) is 11.3 Å². The molecule has 0 radical (unpaired) electrons. The summed E-state index contributed by atoms with van der Waals surface area (Å²) < 4.78 is 1.64. The average Bonchev–Trinajstić information content (AvgIpc) is 3.12. The van der Waals surface area contributed by atoms with Crippen molar-refractivity contribution in [1.82, 2.24) is 19.4 Å². The van der Waals surface area contributed by atoms with Gasteiger partial charge in [-0.25, -0.2) is 4.98 Å². The van der Waals surface area contributed by atoms with E-state index < -0.39 is 0 Å². The summed E-state index contributed by atoms with van der Waals surface area (Å²) in [4.78, 5) is 36.9. The number of aromatic nitrogens is 2. The fourth-order valence-electron chi connectivity index (χ4n) is 4.73. The van der Waals surface area contributed by atoms with Crippen molar-refractivity contribution in [3.8, 4) is 0 Å². The summed E-state index contributed by atoms with van der Waals surface area (Å²) in [6.45, 7) is 6.94. The zero-order valence-corrected chi connectivity index (χ0v) is 18.6. The van der Waals surface area contributed by atoms with Crippen LogP contribution in [0.4, 0.5) is 0 Å². The number of fused-ring (bicyclic) bond motifs is 3. The number of amides is 1. The lowest BCUT2D eigenvalue weighted by Gasteiger charge is -2.38. The summed E-state index contributed by atoms with van der Waals surface area (Å²) in [7, 11) is 1.91. The fraction of sp³-hybridized carbons (Fsp3) is 0.682. The molecular weight excluding hydrogens is 384 g/mol. The van der Waals surface area contributed by atoms with Crippen molar-refractivity contribution in [1.29, 1.82) is 0 Å². The molecule has 1 aliphatic heterocycles. The predicted octanol–water partition coefficient (Wildman–Crippen LogP) is 3.06. The van der Waals surface area contributed by atoms with Crippen molar-refractivity contribution < 1.29 is 4.79 Å². The highest BCUT2D eigenvalue weighted by Crippen LogP contribution is 2.33. The minimum Gasteiger partial charge on any atom is -0.343 e. The zero-order valence-electron chi connectivity index (χ0n) is 17.8. The molecule has 1 fully saturated rings. The van der Waals surface area contributed by atoms with Gasteiger partial charge < -0.3 is 9.80 Å². The van der Waals surface area contributed by atoms with E-state index in [2.05, 4.69) is 23.7 Å². The van der Waals surface area contributed by atoms with Crippen LogP contribution in [0.3, 0.4) is 0 Å². The molecule has 0 atom stereocenters. The molecule has 1 amide bonds. The van der Waals surface area contributed by atoms with Crippen LogP contribution in [0, 0.1) is 0 Å². The maximum Gasteiger partial charge on any atom is 0.262 e. The minimum absolute atomic E-state index is 0.0232.